The van der Waals surface area contributed by atoms with E-state index in [0.29, 0.717) is 36.1 Å². The second-order valence-corrected chi connectivity index (χ2v) is 24.4. The van der Waals surface area contributed by atoms with Gasteiger partial charge in [0.2, 0.25) is 20.0 Å². The molecule has 8 rings (SSSR count). The molecule has 1 N–H and O–H groups in total. The van der Waals surface area contributed by atoms with Gasteiger partial charge in [0, 0.05) is 28.7 Å². The summed E-state index contributed by atoms with van der Waals surface area (Å²) >= 11 is 6.58. The average molecular weight is 1050 g/mol. The standard InChI is InChI=1S/C42H38ClF8N7O8S3/c1-41(2,69(64,65)24-6-7-24)14-13-23-5-8-25(26-10-12-29(43)33-36(26)56(19-31(46)47)55-39(33)58(67(3,60)61)68(4,62)63)34(52-23)30(17-20-15-21(44)18-22(45)16-20)53-40(59)66-57-37-32(35(54-57)38(48)49)27-9-11-28(27)42(37,50)51/h5,8,10,12,15-16,18,24,27-28,30-31,38H,6-7,9,11,17,19H2,1-4H3,(H,53,59)/t27-,28+,30-/m0/s1. The summed E-state index contributed by atoms with van der Waals surface area (Å²) in [6.45, 7) is 1.40. The van der Waals surface area contributed by atoms with Crippen LogP contribution < -0.4 is 13.9 Å². The molecule has 0 spiro atoms. The first-order valence-electron chi connectivity index (χ1n) is 20.7. The minimum Gasteiger partial charge on any atom is -0.311 e. The molecule has 3 aliphatic rings. The number of hydrogen-bond donors (Lipinski definition) is 1. The Morgan fingerprint density at radius 2 is 1.57 bits per heavy atom. The molecule has 0 unspecified atom stereocenters. The first kappa shape index (κ1) is 49.9. The summed E-state index contributed by atoms with van der Waals surface area (Å²) in [6, 6.07) is 5.23. The van der Waals surface area contributed by atoms with Gasteiger partial charge in [0.05, 0.1) is 45.4 Å². The first-order chi connectivity index (χ1) is 32.0. The third-order valence-electron chi connectivity index (χ3n) is 12.0. The van der Waals surface area contributed by atoms with E-state index in [9.17, 15) is 56.4 Å². The molecule has 2 aromatic carbocycles. The zero-order valence-electron chi connectivity index (χ0n) is 36.3. The van der Waals surface area contributed by atoms with Crippen LogP contribution in [0, 0.1) is 29.4 Å². The molecule has 370 valence electrons. The number of benzene rings is 2. The molecule has 2 fully saturated rings. The molecule has 0 radical (unpaired) electrons. The number of fused-ring (bicyclic) bond motifs is 4. The van der Waals surface area contributed by atoms with Crippen molar-refractivity contribution in [2.24, 2.45) is 5.92 Å². The SMILES string of the molecule is CC(C)(C#Cc1ccc(-c2ccc(Cl)c3c(N(S(C)(=O)=O)S(C)(=O)=O)nn(CC(F)F)c23)c([C@H](Cc2cc(F)cc(F)c2)NC(=O)On2nc(C(F)F)c3c2C(F)(F)[C@@H]2CC[C@H]32)n1)S(=O)(=O)C1CC1. The van der Waals surface area contributed by atoms with Crippen molar-refractivity contribution < 1.29 is 70.0 Å². The van der Waals surface area contributed by atoms with E-state index >= 15 is 8.78 Å². The molecular weight excluding hydrogens is 1010 g/mol. The Balaban J connectivity index is 1.35. The Morgan fingerprint density at radius 3 is 2.13 bits per heavy atom. The molecule has 3 atom stereocenters. The molecule has 27 heteroatoms. The van der Waals surface area contributed by atoms with Gasteiger partial charge in [-0.2, -0.15) is 13.9 Å². The van der Waals surface area contributed by atoms with Crippen molar-refractivity contribution in [3.8, 4) is 23.0 Å². The number of pyridine rings is 1. The molecule has 3 aliphatic carbocycles. The highest BCUT2D eigenvalue weighted by Gasteiger charge is 2.63. The lowest BCUT2D eigenvalue weighted by molar-refractivity contribution is -0.101. The lowest BCUT2D eigenvalue weighted by Crippen LogP contribution is -2.39. The molecule has 1 amide bonds. The van der Waals surface area contributed by atoms with Crippen molar-refractivity contribution in [1.29, 1.82) is 0 Å². The topological polar surface area (TPSA) is 193 Å². The molecular formula is C42H38ClF8N7O8S3. The number of halogens is 9. The van der Waals surface area contributed by atoms with E-state index in [4.69, 9.17) is 16.4 Å². The van der Waals surface area contributed by atoms with E-state index in [1.165, 1.54) is 32.0 Å². The third kappa shape index (κ3) is 9.22. The number of carbonyl (C=O) groups is 1. The number of sulfone groups is 1. The summed E-state index contributed by atoms with van der Waals surface area (Å²) in [5, 5.41) is 8.29. The summed E-state index contributed by atoms with van der Waals surface area (Å²) in [6.07, 6.45) is -7.01. The Kier molecular flexibility index (Phi) is 12.6. The number of aromatic nitrogens is 5. The highest BCUT2D eigenvalue weighted by atomic mass is 35.5. The highest BCUT2D eigenvalue weighted by Crippen LogP contribution is 2.63. The van der Waals surface area contributed by atoms with Gasteiger partial charge < -0.3 is 5.32 Å². The second kappa shape index (κ2) is 17.4. The first-order valence-corrected chi connectivity index (χ1v) is 26.3. The van der Waals surface area contributed by atoms with Crippen LogP contribution in [0.5, 0.6) is 0 Å². The van der Waals surface area contributed by atoms with Crippen molar-refractivity contribution in [2.75, 3.05) is 16.2 Å². The zero-order valence-corrected chi connectivity index (χ0v) is 39.5. The van der Waals surface area contributed by atoms with Gasteiger partial charge in [0.25, 0.3) is 18.8 Å². The molecule has 15 nitrogen and oxygen atoms in total. The number of nitrogens with zero attached hydrogens (tertiary/aromatic N) is 6. The fourth-order valence-electron chi connectivity index (χ4n) is 8.76. The minimum absolute atomic E-state index is 0.0233. The van der Waals surface area contributed by atoms with Crippen molar-refractivity contribution >= 4 is 64.3 Å². The monoisotopic (exact) mass is 1050 g/mol. The number of alkyl halides is 6. The highest BCUT2D eigenvalue weighted by molar-refractivity contribution is 8.09. The fourth-order valence-corrected chi connectivity index (χ4v) is 13.6. The van der Waals surface area contributed by atoms with Crippen LogP contribution in [0.1, 0.15) is 91.8 Å². The maximum atomic E-state index is 15.7. The Hall–Kier alpha value is -5.52. The van der Waals surface area contributed by atoms with Gasteiger partial charge in [-0.3, -0.25) is 9.52 Å². The van der Waals surface area contributed by atoms with Crippen LogP contribution in [0.15, 0.2) is 42.5 Å². The van der Waals surface area contributed by atoms with E-state index in [2.05, 4.69) is 32.3 Å². The van der Waals surface area contributed by atoms with Crippen molar-refractivity contribution in [3.05, 3.63) is 93.0 Å². The Bertz CT molecular complexity index is 3300. The maximum Gasteiger partial charge on any atom is 0.433 e. The lowest BCUT2D eigenvalue weighted by Gasteiger charge is -2.34. The lowest BCUT2D eigenvalue weighted by atomic mass is 9.73. The van der Waals surface area contributed by atoms with E-state index in [1.807, 2.05) is 0 Å². The van der Waals surface area contributed by atoms with Crippen LogP contribution in [-0.2, 0) is 48.8 Å². The number of anilines is 1. The van der Waals surface area contributed by atoms with Crippen molar-refractivity contribution in [3.63, 3.8) is 0 Å². The normalized spacial score (nSPS) is 18.4. The summed E-state index contributed by atoms with van der Waals surface area (Å²) in [5.41, 5.74) is -4.31. The van der Waals surface area contributed by atoms with Gasteiger partial charge in [-0.05, 0) is 93.7 Å². The predicted molar refractivity (Wildman–Crippen MR) is 234 cm³/mol. The van der Waals surface area contributed by atoms with Crippen LogP contribution >= 0.6 is 11.6 Å². The average Bonchev–Trinajstić information content (AvgIpc) is 3.88. The molecule has 3 aromatic heterocycles. The molecule has 0 aliphatic heterocycles. The number of amides is 1. The van der Waals surface area contributed by atoms with Crippen LogP contribution in [0.2, 0.25) is 5.02 Å². The smallest absolute Gasteiger partial charge is 0.311 e. The largest absolute Gasteiger partial charge is 0.433 e. The van der Waals surface area contributed by atoms with Gasteiger partial charge in [-0.25, -0.2) is 61.4 Å². The molecule has 2 saturated carbocycles. The second-order valence-electron chi connectivity index (χ2n) is 17.4. The quantitative estimate of drug-likeness (QED) is 0.0852. The Morgan fingerprint density at radius 1 is 0.928 bits per heavy atom. The number of sulfonamides is 2. The number of hydrogen-bond acceptors (Lipinski definition) is 11. The molecule has 3 heterocycles. The summed E-state index contributed by atoms with van der Waals surface area (Å²) in [7, 11) is -13.4. The van der Waals surface area contributed by atoms with Crippen molar-refractivity contribution in [1.82, 2.24) is 30.0 Å². The number of carbonyl (C=O) groups excluding carboxylic acids is 1. The summed E-state index contributed by atoms with van der Waals surface area (Å²) in [5.74, 6) is -3.95. The van der Waals surface area contributed by atoms with E-state index in [-0.39, 0.29) is 43.8 Å². The van der Waals surface area contributed by atoms with Gasteiger partial charge in [-0.1, -0.05) is 28.4 Å². The van der Waals surface area contributed by atoms with E-state index < -0.39 is 152 Å². The summed E-state index contributed by atoms with van der Waals surface area (Å²) < 4.78 is 196. The molecule has 0 saturated heterocycles. The maximum absolute atomic E-state index is 15.7. The van der Waals surface area contributed by atoms with Gasteiger partial charge in [0.1, 0.15) is 34.3 Å². The van der Waals surface area contributed by atoms with Crippen LogP contribution in [0.4, 0.5) is 45.7 Å². The fraction of sp³-hybridized carbons (Fsp3) is 0.429. The zero-order chi connectivity index (χ0) is 50.5. The third-order valence-corrected chi connectivity index (χ3v) is 18.4. The van der Waals surface area contributed by atoms with E-state index in [0.717, 1.165) is 18.2 Å². The Labute approximate surface area is 394 Å². The summed E-state index contributed by atoms with van der Waals surface area (Å²) in [4.78, 5) is 23.8. The van der Waals surface area contributed by atoms with Crippen LogP contribution in [-0.4, -0.2) is 85.0 Å². The van der Waals surface area contributed by atoms with Gasteiger partial charge in [0.15, 0.2) is 21.3 Å². The van der Waals surface area contributed by atoms with Crippen molar-refractivity contribution in [2.45, 2.75) is 93.2 Å². The van der Waals surface area contributed by atoms with Gasteiger partial charge >= 0.3 is 6.09 Å². The molecule has 5 aromatic rings. The van der Waals surface area contributed by atoms with E-state index in [1.54, 1.807) is 0 Å². The number of rotatable bonds is 14. The number of nitrogens with one attached hydrogen (secondary N) is 1. The molecule has 69 heavy (non-hydrogen) atoms. The predicted octanol–water partition coefficient (Wildman–Crippen LogP) is 7.58. The van der Waals surface area contributed by atoms with Crippen LogP contribution in [0.25, 0.3) is 22.0 Å². The minimum atomic E-state index is -4.80. The molecule has 0 bridgehead atoms. The van der Waals surface area contributed by atoms with Crippen LogP contribution in [0.3, 0.4) is 0 Å². The van der Waals surface area contributed by atoms with Gasteiger partial charge in [-0.15, -0.1) is 8.81 Å².